The van der Waals surface area contributed by atoms with Gasteiger partial charge in [0.05, 0.1) is 23.6 Å². The van der Waals surface area contributed by atoms with Crippen molar-refractivity contribution < 1.29 is 27.8 Å². The molecule has 2 N–H and O–H groups in total. The van der Waals surface area contributed by atoms with Gasteiger partial charge in [-0.05, 0) is 62.4 Å². The van der Waals surface area contributed by atoms with Gasteiger partial charge in [0.15, 0.2) is 5.82 Å². The van der Waals surface area contributed by atoms with E-state index in [4.69, 9.17) is 4.74 Å². The number of nitrogens with zero attached hydrogens (tertiary/aromatic N) is 5. The molecule has 0 radical (unpaired) electrons. The molecule has 3 aromatic rings. The summed E-state index contributed by atoms with van der Waals surface area (Å²) >= 11 is 0. The first kappa shape index (κ1) is 28.1. The molecule has 1 unspecified atom stereocenters. The largest absolute Gasteiger partial charge is 0.416 e. The fourth-order valence-corrected chi connectivity index (χ4v) is 5.29. The van der Waals surface area contributed by atoms with Crippen molar-refractivity contribution in [2.45, 2.75) is 62.6 Å². The van der Waals surface area contributed by atoms with Crippen molar-refractivity contribution in [3.05, 3.63) is 72.1 Å². The first-order valence-electron chi connectivity index (χ1n) is 13.3. The fraction of sp³-hybridized carbons (Fsp3) is 0.464. The van der Waals surface area contributed by atoms with E-state index < -0.39 is 17.3 Å². The van der Waals surface area contributed by atoms with E-state index in [1.165, 1.54) is 0 Å². The van der Waals surface area contributed by atoms with Crippen LogP contribution in [0.5, 0.6) is 0 Å². The number of aliphatic hydroxyl groups is 1. The summed E-state index contributed by atoms with van der Waals surface area (Å²) in [6.45, 7) is 0.728. The van der Waals surface area contributed by atoms with Crippen molar-refractivity contribution in [3.63, 3.8) is 0 Å². The minimum atomic E-state index is -4.46. The van der Waals surface area contributed by atoms with Gasteiger partial charge < -0.3 is 20.1 Å². The van der Waals surface area contributed by atoms with Gasteiger partial charge >= 0.3 is 6.18 Å². The van der Waals surface area contributed by atoms with Gasteiger partial charge in [-0.2, -0.15) is 13.2 Å². The van der Waals surface area contributed by atoms with Crippen LogP contribution in [0.2, 0.25) is 0 Å². The molecule has 12 heteroatoms. The summed E-state index contributed by atoms with van der Waals surface area (Å²) < 4.78 is 43.9. The second kappa shape index (κ2) is 11.9. The van der Waals surface area contributed by atoms with Crippen molar-refractivity contribution in [1.29, 1.82) is 0 Å². The van der Waals surface area contributed by atoms with Crippen LogP contribution in [0.4, 0.5) is 13.2 Å². The van der Waals surface area contributed by atoms with E-state index in [0.717, 1.165) is 43.2 Å². The summed E-state index contributed by atoms with van der Waals surface area (Å²) in [6, 6.07) is 7.65. The van der Waals surface area contributed by atoms with Crippen LogP contribution in [0.1, 0.15) is 49.1 Å². The number of rotatable bonds is 8. The van der Waals surface area contributed by atoms with E-state index >= 15 is 0 Å². The van der Waals surface area contributed by atoms with Gasteiger partial charge in [-0.1, -0.05) is 0 Å². The third-order valence-electron chi connectivity index (χ3n) is 7.51. The molecule has 0 spiro atoms. The Morgan fingerprint density at radius 2 is 1.82 bits per heavy atom. The van der Waals surface area contributed by atoms with Crippen LogP contribution < -0.4 is 5.32 Å². The second-order valence-electron chi connectivity index (χ2n) is 10.3. The van der Waals surface area contributed by atoms with E-state index in [9.17, 15) is 23.1 Å². The second-order valence-corrected chi connectivity index (χ2v) is 10.3. The third kappa shape index (κ3) is 6.80. The molecule has 1 atom stereocenters. The topological polar surface area (TPSA) is 113 Å². The molecule has 1 aliphatic heterocycles. The average molecular weight is 557 g/mol. The average Bonchev–Trinajstić information content (AvgIpc) is 3.43. The van der Waals surface area contributed by atoms with Crippen molar-refractivity contribution in [2.24, 2.45) is 0 Å². The lowest BCUT2D eigenvalue weighted by Gasteiger charge is -2.37. The fourth-order valence-electron chi connectivity index (χ4n) is 5.29. The van der Waals surface area contributed by atoms with Crippen molar-refractivity contribution in [3.8, 4) is 11.4 Å². The number of pyridine rings is 2. The van der Waals surface area contributed by atoms with E-state index in [0.29, 0.717) is 37.4 Å². The normalized spacial score (nSPS) is 23.4. The summed E-state index contributed by atoms with van der Waals surface area (Å²) in [7, 11) is 0. The molecule has 1 aliphatic carbocycles. The quantitative estimate of drug-likeness (QED) is 0.434. The van der Waals surface area contributed by atoms with Gasteiger partial charge in [0, 0.05) is 55.5 Å². The van der Waals surface area contributed by atoms with Crippen LogP contribution in [0.25, 0.3) is 11.4 Å². The third-order valence-corrected chi connectivity index (χ3v) is 7.51. The number of carbonyl (C=O) groups is 1. The predicted octanol–water partition coefficient (Wildman–Crippen LogP) is 3.49. The van der Waals surface area contributed by atoms with E-state index in [1.54, 1.807) is 29.6 Å². The number of hydrogen-bond acceptors (Lipinski definition) is 8. The highest BCUT2D eigenvalue weighted by Crippen LogP contribution is 2.37. The number of hydrogen-bond donors (Lipinski definition) is 2. The van der Waals surface area contributed by atoms with Crippen LogP contribution in [0.3, 0.4) is 0 Å². The number of nitrogens with one attached hydrogen (secondary N) is 1. The van der Waals surface area contributed by atoms with Gasteiger partial charge in [-0.15, -0.1) is 0 Å². The summed E-state index contributed by atoms with van der Waals surface area (Å²) in [5.41, 5.74) is -0.228. The zero-order valence-corrected chi connectivity index (χ0v) is 21.8. The molecule has 1 saturated heterocycles. The number of carbonyl (C=O) groups excluding carboxylic acids is 1. The molecular weight excluding hydrogens is 525 g/mol. The molecule has 0 bridgehead atoms. The molecule has 4 heterocycles. The first-order chi connectivity index (χ1) is 19.2. The number of likely N-dealkylation sites (tertiary alicyclic amines) is 1. The highest BCUT2D eigenvalue weighted by molar-refractivity contribution is 5.77. The van der Waals surface area contributed by atoms with Crippen LogP contribution in [-0.4, -0.2) is 67.6 Å². The molecular formula is C28H31F3N6O3. The minimum absolute atomic E-state index is 0.122. The zero-order chi connectivity index (χ0) is 28.2. The molecule has 2 fully saturated rings. The van der Waals surface area contributed by atoms with E-state index in [2.05, 4.69) is 25.3 Å². The summed E-state index contributed by atoms with van der Waals surface area (Å²) in [6.07, 6.45) is 5.17. The number of halogens is 3. The van der Waals surface area contributed by atoms with E-state index in [1.807, 2.05) is 12.1 Å². The smallest absolute Gasteiger partial charge is 0.384 e. The van der Waals surface area contributed by atoms with Gasteiger partial charge in [0.1, 0.15) is 12.2 Å². The van der Waals surface area contributed by atoms with Gasteiger partial charge in [0.2, 0.25) is 5.91 Å². The van der Waals surface area contributed by atoms with Crippen LogP contribution in [0.15, 0.2) is 55.1 Å². The molecule has 9 nitrogen and oxygen atoms in total. The highest BCUT2D eigenvalue weighted by atomic mass is 19.4. The number of alkyl halides is 3. The molecule has 5 rings (SSSR count). The van der Waals surface area contributed by atoms with Crippen LogP contribution >= 0.6 is 0 Å². The van der Waals surface area contributed by atoms with Crippen molar-refractivity contribution >= 4 is 5.91 Å². The molecule has 0 aromatic carbocycles. The minimum Gasteiger partial charge on any atom is -0.384 e. The Morgan fingerprint density at radius 3 is 2.52 bits per heavy atom. The van der Waals surface area contributed by atoms with E-state index in [-0.39, 0.29) is 36.9 Å². The Hall–Kier alpha value is -3.48. The highest BCUT2D eigenvalue weighted by Gasteiger charge is 2.37. The summed E-state index contributed by atoms with van der Waals surface area (Å²) in [5.74, 6) is 0.384. The first-order valence-corrected chi connectivity index (χ1v) is 13.3. The Bertz CT molecular complexity index is 1280. The number of ether oxygens (including phenoxy) is 1. The lowest BCUT2D eigenvalue weighted by atomic mass is 9.79. The Balaban J connectivity index is 1.05. The SMILES string of the molecule is O=C(COCc1cc(C(F)(F)F)ccn1)N1CCC(NC2CCC(O)(c3ccc(-c4ncccn4)cn3)CC2)C1. The maximum absolute atomic E-state index is 12.9. The maximum atomic E-state index is 12.9. The Morgan fingerprint density at radius 1 is 1.05 bits per heavy atom. The molecule has 1 amide bonds. The molecule has 2 aliphatic rings. The molecule has 40 heavy (non-hydrogen) atoms. The molecule has 1 saturated carbocycles. The Labute approximate surface area is 229 Å². The number of amides is 1. The van der Waals surface area contributed by atoms with Gasteiger partial charge in [0.25, 0.3) is 0 Å². The summed E-state index contributed by atoms with van der Waals surface area (Å²) in [5, 5.41) is 14.9. The van der Waals surface area contributed by atoms with Crippen molar-refractivity contribution in [1.82, 2.24) is 30.2 Å². The molecule has 212 valence electrons. The van der Waals surface area contributed by atoms with Crippen LogP contribution in [-0.2, 0) is 27.9 Å². The standard InChI is InChI=1S/C28H31F3N6O3/c29-28(30,31)20-6-12-32-23(14-20)17-40-18-25(38)37-13-7-22(16-37)36-21-4-8-27(39,9-5-21)24-3-2-19(15-35-24)26-33-10-1-11-34-26/h1-3,6,10-12,14-15,21-22,36,39H,4-5,7-9,13,16-18H2. The Kier molecular flexibility index (Phi) is 8.38. The van der Waals surface area contributed by atoms with Gasteiger partial charge in [-0.25, -0.2) is 9.97 Å². The monoisotopic (exact) mass is 556 g/mol. The lowest BCUT2D eigenvalue weighted by molar-refractivity contribution is -0.138. The number of aromatic nitrogens is 4. The van der Waals surface area contributed by atoms with Gasteiger partial charge in [-0.3, -0.25) is 14.8 Å². The molecule has 3 aromatic heterocycles. The van der Waals surface area contributed by atoms with Crippen LogP contribution in [0, 0.1) is 0 Å². The summed E-state index contributed by atoms with van der Waals surface area (Å²) in [4.78, 5) is 31.1. The zero-order valence-electron chi connectivity index (χ0n) is 21.8. The maximum Gasteiger partial charge on any atom is 0.416 e. The lowest BCUT2D eigenvalue weighted by Crippen LogP contribution is -2.45. The predicted molar refractivity (Wildman–Crippen MR) is 138 cm³/mol. The van der Waals surface area contributed by atoms with Crippen molar-refractivity contribution in [2.75, 3.05) is 19.7 Å².